The molecule has 0 saturated heterocycles. The van der Waals surface area contributed by atoms with Crippen LogP contribution in [0.15, 0.2) is 12.1 Å². The molecule has 0 radical (unpaired) electrons. The quantitative estimate of drug-likeness (QED) is 0.756. The highest BCUT2D eigenvalue weighted by Crippen LogP contribution is 2.19. The number of rotatable bonds is 8. The minimum absolute atomic E-state index is 0.0702. The van der Waals surface area contributed by atoms with E-state index in [1.54, 1.807) is 0 Å². The number of nitrogens with zero attached hydrogens (tertiary/aromatic N) is 1. The number of pyridine rings is 1. The number of ether oxygens (including phenoxy) is 1. The van der Waals surface area contributed by atoms with E-state index in [4.69, 9.17) is 4.74 Å². The van der Waals surface area contributed by atoms with Gasteiger partial charge in [-0.2, -0.15) is 0 Å². The average molecular weight is 277 g/mol. The van der Waals surface area contributed by atoms with E-state index >= 15 is 0 Å². The summed E-state index contributed by atoms with van der Waals surface area (Å²) < 4.78 is 5.70. The van der Waals surface area contributed by atoms with Gasteiger partial charge in [0.05, 0.1) is 18.7 Å². The molecule has 5 heteroatoms. The fraction of sp³-hybridized carbons (Fsp3) is 0.600. The van der Waals surface area contributed by atoms with E-state index in [0.717, 1.165) is 36.5 Å². The van der Waals surface area contributed by atoms with Gasteiger partial charge in [0.15, 0.2) is 0 Å². The molecule has 1 fully saturated rings. The number of amides is 1. The second kappa shape index (κ2) is 7.24. The van der Waals surface area contributed by atoms with Crippen LogP contribution in [0, 0.1) is 6.92 Å². The van der Waals surface area contributed by atoms with Crippen LogP contribution in [0.1, 0.15) is 37.6 Å². The second-order valence-electron chi connectivity index (χ2n) is 5.12. The molecule has 5 nitrogen and oxygen atoms in total. The maximum Gasteiger partial charge on any atom is 0.223 e. The Morgan fingerprint density at radius 1 is 1.45 bits per heavy atom. The molecule has 1 amide bonds. The van der Waals surface area contributed by atoms with Gasteiger partial charge in [-0.3, -0.25) is 9.78 Å². The Balaban J connectivity index is 1.82. The van der Waals surface area contributed by atoms with Gasteiger partial charge in [-0.25, -0.2) is 0 Å². The summed E-state index contributed by atoms with van der Waals surface area (Å²) in [7, 11) is 0. The maximum atomic E-state index is 11.6. The highest BCUT2D eigenvalue weighted by Gasteiger charge is 2.22. The molecular formula is C15H23N3O2. The molecule has 0 bridgehead atoms. The third-order valence-corrected chi connectivity index (χ3v) is 3.14. The van der Waals surface area contributed by atoms with E-state index in [2.05, 4.69) is 22.5 Å². The minimum Gasteiger partial charge on any atom is -0.491 e. The Morgan fingerprint density at radius 2 is 2.25 bits per heavy atom. The topological polar surface area (TPSA) is 63.3 Å². The molecule has 0 spiro atoms. The number of aromatic nitrogens is 1. The molecule has 0 unspecified atom stereocenters. The third kappa shape index (κ3) is 4.81. The SMILES string of the molecule is CCNCc1nc(C)ccc1OCCC(=O)NC1CC1. The van der Waals surface area contributed by atoms with Crippen molar-refractivity contribution in [2.45, 2.75) is 45.7 Å². The zero-order valence-corrected chi connectivity index (χ0v) is 12.2. The Morgan fingerprint density at radius 3 is 2.95 bits per heavy atom. The predicted octanol–water partition coefficient (Wildman–Crippen LogP) is 1.55. The number of carbonyl (C=O) groups excluding carboxylic acids is 1. The summed E-state index contributed by atoms with van der Waals surface area (Å²) in [5.41, 5.74) is 1.87. The lowest BCUT2D eigenvalue weighted by Gasteiger charge is -2.12. The van der Waals surface area contributed by atoms with Crippen LogP contribution in [-0.4, -0.2) is 30.1 Å². The molecule has 0 atom stereocenters. The van der Waals surface area contributed by atoms with Gasteiger partial charge < -0.3 is 15.4 Å². The van der Waals surface area contributed by atoms with Gasteiger partial charge in [0.25, 0.3) is 0 Å². The van der Waals surface area contributed by atoms with Crippen LogP contribution >= 0.6 is 0 Å². The molecule has 1 aliphatic carbocycles. The molecule has 1 aromatic heterocycles. The fourth-order valence-corrected chi connectivity index (χ4v) is 1.88. The molecule has 0 aromatic carbocycles. The van der Waals surface area contributed by atoms with Crippen LogP contribution in [0.25, 0.3) is 0 Å². The number of nitrogens with one attached hydrogen (secondary N) is 2. The van der Waals surface area contributed by atoms with Crippen molar-refractivity contribution in [3.63, 3.8) is 0 Å². The summed E-state index contributed by atoms with van der Waals surface area (Å²) in [6.45, 7) is 5.98. The van der Waals surface area contributed by atoms with Crippen LogP contribution in [0.5, 0.6) is 5.75 Å². The Labute approximate surface area is 120 Å². The number of aryl methyl sites for hydroxylation is 1. The van der Waals surface area contributed by atoms with Crippen molar-refractivity contribution in [1.29, 1.82) is 0 Å². The first kappa shape index (κ1) is 14.8. The number of carbonyl (C=O) groups is 1. The van der Waals surface area contributed by atoms with Gasteiger partial charge in [-0.1, -0.05) is 6.92 Å². The molecular weight excluding hydrogens is 254 g/mol. The summed E-state index contributed by atoms with van der Waals surface area (Å²) in [5.74, 6) is 0.830. The van der Waals surface area contributed by atoms with E-state index in [1.807, 2.05) is 19.1 Å². The van der Waals surface area contributed by atoms with Crippen LogP contribution in [0.2, 0.25) is 0 Å². The van der Waals surface area contributed by atoms with E-state index in [-0.39, 0.29) is 5.91 Å². The number of hydrogen-bond acceptors (Lipinski definition) is 4. The van der Waals surface area contributed by atoms with Gasteiger partial charge in [-0.05, 0) is 38.4 Å². The lowest BCUT2D eigenvalue weighted by atomic mass is 10.2. The summed E-state index contributed by atoms with van der Waals surface area (Å²) in [4.78, 5) is 16.1. The van der Waals surface area contributed by atoms with Gasteiger partial charge in [0.1, 0.15) is 5.75 Å². The van der Waals surface area contributed by atoms with Gasteiger partial charge in [0.2, 0.25) is 5.91 Å². The van der Waals surface area contributed by atoms with Crippen LogP contribution in [-0.2, 0) is 11.3 Å². The molecule has 1 aliphatic rings. The highest BCUT2D eigenvalue weighted by atomic mass is 16.5. The second-order valence-corrected chi connectivity index (χ2v) is 5.12. The van der Waals surface area contributed by atoms with E-state index < -0.39 is 0 Å². The minimum atomic E-state index is 0.0702. The lowest BCUT2D eigenvalue weighted by molar-refractivity contribution is -0.121. The lowest BCUT2D eigenvalue weighted by Crippen LogP contribution is -2.26. The van der Waals surface area contributed by atoms with E-state index in [9.17, 15) is 4.79 Å². The first-order valence-corrected chi connectivity index (χ1v) is 7.28. The molecule has 1 saturated carbocycles. The Kier molecular flexibility index (Phi) is 5.35. The first-order valence-electron chi connectivity index (χ1n) is 7.28. The molecule has 1 aromatic rings. The summed E-state index contributed by atoms with van der Waals surface area (Å²) in [6, 6.07) is 4.26. The third-order valence-electron chi connectivity index (χ3n) is 3.14. The van der Waals surface area contributed by atoms with E-state index in [1.165, 1.54) is 0 Å². The molecule has 2 N–H and O–H groups in total. The first-order chi connectivity index (χ1) is 9.69. The average Bonchev–Trinajstić information content (AvgIpc) is 3.22. The predicted molar refractivity (Wildman–Crippen MR) is 77.6 cm³/mol. The van der Waals surface area contributed by atoms with Gasteiger partial charge in [-0.15, -0.1) is 0 Å². The van der Waals surface area contributed by atoms with Crippen LogP contribution in [0.3, 0.4) is 0 Å². The van der Waals surface area contributed by atoms with Crippen molar-refractivity contribution in [1.82, 2.24) is 15.6 Å². The Hall–Kier alpha value is -1.62. The molecule has 20 heavy (non-hydrogen) atoms. The van der Waals surface area contributed by atoms with Crippen molar-refractivity contribution < 1.29 is 9.53 Å². The molecule has 110 valence electrons. The van der Waals surface area contributed by atoms with Crippen molar-refractivity contribution in [3.05, 3.63) is 23.5 Å². The monoisotopic (exact) mass is 277 g/mol. The smallest absolute Gasteiger partial charge is 0.223 e. The van der Waals surface area contributed by atoms with Gasteiger partial charge >= 0.3 is 0 Å². The summed E-state index contributed by atoms with van der Waals surface area (Å²) in [6.07, 6.45) is 2.62. The standard InChI is InChI=1S/C15H23N3O2/c1-3-16-10-13-14(7-4-11(2)17-13)20-9-8-15(19)18-12-5-6-12/h4,7,12,16H,3,5-6,8-10H2,1-2H3,(H,18,19). The van der Waals surface area contributed by atoms with Crippen LogP contribution < -0.4 is 15.4 Å². The normalized spacial score (nSPS) is 14.1. The van der Waals surface area contributed by atoms with Gasteiger partial charge in [0, 0.05) is 18.3 Å². The van der Waals surface area contributed by atoms with Crippen molar-refractivity contribution >= 4 is 5.91 Å². The van der Waals surface area contributed by atoms with Crippen molar-refractivity contribution in [2.24, 2.45) is 0 Å². The zero-order chi connectivity index (χ0) is 14.4. The highest BCUT2D eigenvalue weighted by molar-refractivity contribution is 5.76. The number of hydrogen-bond donors (Lipinski definition) is 2. The largest absolute Gasteiger partial charge is 0.491 e. The maximum absolute atomic E-state index is 11.6. The van der Waals surface area contributed by atoms with Crippen molar-refractivity contribution in [2.75, 3.05) is 13.2 Å². The van der Waals surface area contributed by atoms with E-state index in [0.29, 0.717) is 25.6 Å². The van der Waals surface area contributed by atoms with Crippen LogP contribution in [0.4, 0.5) is 0 Å². The summed E-state index contributed by atoms with van der Waals surface area (Å²) in [5, 5.41) is 6.20. The Bertz CT molecular complexity index is 458. The molecule has 0 aliphatic heterocycles. The molecule has 2 rings (SSSR count). The zero-order valence-electron chi connectivity index (χ0n) is 12.2. The molecule has 1 heterocycles. The fourth-order valence-electron chi connectivity index (χ4n) is 1.88. The van der Waals surface area contributed by atoms with Crippen molar-refractivity contribution in [3.8, 4) is 5.75 Å². The summed E-state index contributed by atoms with van der Waals surface area (Å²) >= 11 is 0.